The third kappa shape index (κ3) is 7.81. The summed E-state index contributed by atoms with van der Waals surface area (Å²) in [5.74, 6) is -0.347. The number of nitrogens with two attached hydrogens (primary N) is 1. The minimum atomic E-state index is -3.67. The number of nitrogens with one attached hydrogen (secondary N) is 1. The van der Waals surface area contributed by atoms with Crippen LogP contribution in [0.1, 0.15) is 48.2 Å². The molecule has 6 nitrogen and oxygen atoms in total. The van der Waals surface area contributed by atoms with E-state index in [1.54, 1.807) is 6.07 Å². The lowest BCUT2D eigenvalue weighted by Gasteiger charge is -2.18. The molecule has 0 radical (unpaired) electrons. The second-order valence-electron chi connectivity index (χ2n) is 6.05. The number of halogens is 3. The minimum Gasteiger partial charge on any atom is -0.481 e. The zero-order valence-corrected chi connectivity index (χ0v) is 15.6. The van der Waals surface area contributed by atoms with Gasteiger partial charge in [0.15, 0.2) is 5.69 Å². The average molecular weight is 399 g/mol. The molecule has 1 heterocycles. The number of carbonyl (C=O) groups is 2. The molecule has 0 unspecified atom stereocenters. The summed E-state index contributed by atoms with van der Waals surface area (Å²) in [4.78, 5) is 27.3. The molecule has 1 aromatic heterocycles. The predicted molar refractivity (Wildman–Crippen MR) is 101 cm³/mol. The molecule has 2 rings (SSSR count). The summed E-state index contributed by atoms with van der Waals surface area (Å²) in [5, 5.41) is 2.56. The fraction of sp³-hybridized carbons (Fsp3) is 0.421. The zero-order chi connectivity index (χ0) is 21.1. The monoisotopic (exact) mass is 399 g/mol. The predicted octanol–water partition coefficient (Wildman–Crippen LogP) is 4.09. The molecule has 1 aliphatic rings. The van der Waals surface area contributed by atoms with Crippen molar-refractivity contribution in [1.82, 2.24) is 4.98 Å². The number of amides is 2. The van der Waals surface area contributed by atoms with Crippen LogP contribution in [-0.2, 0) is 4.79 Å². The summed E-state index contributed by atoms with van der Waals surface area (Å²) >= 11 is 0. The zero-order valence-electron chi connectivity index (χ0n) is 15.6. The topological polar surface area (TPSA) is 94.3 Å². The molecule has 0 bridgehead atoms. The normalized spacial score (nSPS) is 14.3. The highest BCUT2D eigenvalue weighted by molar-refractivity contribution is 6.05. The number of aromatic nitrogens is 1. The SMILES string of the molecule is C=CC(=O)Nc1cc(/C=C/C2CCCCC2)c(OC)nc1C(N)=O.FC(F)F. The van der Waals surface area contributed by atoms with Crippen LogP contribution in [0.2, 0.25) is 0 Å². The van der Waals surface area contributed by atoms with E-state index >= 15 is 0 Å². The quantitative estimate of drug-likeness (QED) is 0.705. The number of alkyl halides is 3. The standard InChI is InChI=1S/C18H23N3O3.CHF3/c1-3-15(22)20-14-11-13(10-9-12-7-5-4-6-8-12)18(24-2)21-16(14)17(19)23;2-1(3)4/h3,9-12H,1,4-8H2,2H3,(H2,19,23)(H,20,22);1H/b10-9+;. The Labute approximate surface area is 161 Å². The van der Waals surface area contributed by atoms with Gasteiger partial charge in [-0.2, -0.15) is 13.2 Å². The maximum atomic E-state index is 11.6. The Hall–Kier alpha value is -2.84. The van der Waals surface area contributed by atoms with Gasteiger partial charge >= 0.3 is 6.68 Å². The maximum Gasteiger partial charge on any atom is 0.379 e. The van der Waals surface area contributed by atoms with Crippen molar-refractivity contribution in [3.05, 3.63) is 36.1 Å². The van der Waals surface area contributed by atoms with E-state index in [1.165, 1.54) is 39.2 Å². The van der Waals surface area contributed by atoms with Crippen molar-refractivity contribution in [3.63, 3.8) is 0 Å². The lowest BCUT2D eigenvalue weighted by molar-refractivity contribution is -0.111. The van der Waals surface area contributed by atoms with E-state index < -0.39 is 18.5 Å². The average Bonchev–Trinajstić information content (AvgIpc) is 2.66. The molecule has 154 valence electrons. The number of ether oxygens (including phenoxy) is 1. The first-order valence-corrected chi connectivity index (χ1v) is 8.71. The highest BCUT2D eigenvalue weighted by Gasteiger charge is 2.17. The molecule has 9 heteroatoms. The third-order valence-electron chi connectivity index (χ3n) is 4.08. The smallest absolute Gasteiger partial charge is 0.379 e. The van der Waals surface area contributed by atoms with E-state index in [0.29, 0.717) is 17.4 Å². The highest BCUT2D eigenvalue weighted by atomic mass is 19.4. The summed E-state index contributed by atoms with van der Waals surface area (Å²) in [5.41, 5.74) is 6.23. The number of nitrogens with zero attached hydrogens (tertiary/aromatic N) is 1. The highest BCUT2D eigenvalue weighted by Crippen LogP contribution is 2.28. The van der Waals surface area contributed by atoms with Crippen LogP contribution in [0.3, 0.4) is 0 Å². The number of rotatable bonds is 6. The third-order valence-corrected chi connectivity index (χ3v) is 4.08. The van der Waals surface area contributed by atoms with Crippen molar-refractivity contribution in [1.29, 1.82) is 0 Å². The van der Waals surface area contributed by atoms with Gasteiger partial charge in [-0.1, -0.05) is 38.0 Å². The summed E-state index contributed by atoms with van der Waals surface area (Å²) < 4.78 is 34.3. The van der Waals surface area contributed by atoms with Crippen LogP contribution in [0, 0.1) is 5.92 Å². The molecule has 1 saturated carbocycles. The van der Waals surface area contributed by atoms with Crippen molar-refractivity contribution >= 4 is 23.6 Å². The van der Waals surface area contributed by atoms with Gasteiger partial charge in [0.2, 0.25) is 11.8 Å². The van der Waals surface area contributed by atoms with E-state index in [1.807, 2.05) is 6.08 Å². The number of allylic oxidation sites excluding steroid dienone is 1. The summed E-state index contributed by atoms with van der Waals surface area (Å²) in [7, 11) is 1.48. The van der Waals surface area contributed by atoms with Crippen LogP contribution >= 0.6 is 0 Å². The number of pyridine rings is 1. The molecule has 1 aromatic rings. The number of carbonyl (C=O) groups excluding carboxylic acids is 2. The lowest BCUT2D eigenvalue weighted by atomic mass is 9.89. The van der Waals surface area contributed by atoms with Gasteiger partial charge in [-0.15, -0.1) is 0 Å². The summed E-state index contributed by atoms with van der Waals surface area (Å²) in [6.45, 7) is -0.269. The molecule has 28 heavy (non-hydrogen) atoms. The van der Waals surface area contributed by atoms with Gasteiger partial charge in [0, 0.05) is 5.56 Å². The van der Waals surface area contributed by atoms with Crippen molar-refractivity contribution in [2.24, 2.45) is 11.7 Å². The van der Waals surface area contributed by atoms with Crippen LogP contribution < -0.4 is 15.8 Å². The molecule has 0 atom stereocenters. The minimum absolute atomic E-state index is 0.0446. The number of primary amides is 1. The fourth-order valence-electron chi connectivity index (χ4n) is 2.83. The van der Waals surface area contributed by atoms with E-state index in [4.69, 9.17) is 10.5 Å². The van der Waals surface area contributed by atoms with Gasteiger partial charge < -0.3 is 15.8 Å². The van der Waals surface area contributed by atoms with Gasteiger partial charge in [-0.25, -0.2) is 4.98 Å². The van der Waals surface area contributed by atoms with Gasteiger partial charge in [0.1, 0.15) is 0 Å². The van der Waals surface area contributed by atoms with Crippen LogP contribution in [0.15, 0.2) is 24.8 Å². The first-order chi connectivity index (χ1) is 13.3. The first kappa shape index (κ1) is 23.2. The summed E-state index contributed by atoms with van der Waals surface area (Å²) in [6.07, 6.45) is 11.3. The second-order valence-corrected chi connectivity index (χ2v) is 6.05. The molecule has 0 saturated heterocycles. The Morgan fingerprint density at radius 1 is 1.32 bits per heavy atom. The number of hydrogen-bond donors (Lipinski definition) is 2. The van der Waals surface area contributed by atoms with E-state index in [9.17, 15) is 22.8 Å². The Kier molecular flexibility index (Phi) is 9.76. The van der Waals surface area contributed by atoms with E-state index in [2.05, 4.69) is 23.0 Å². The van der Waals surface area contributed by atoms with E-state index in [0.717, 1.165) is 6.08 Å². The van der Waals surface area contributed by atoms with Crippen molar-refractivity contribution < 1.29 is 27.5 Å². The molecule has 1 fully saturated rings. The van der Waals surface area contributed by atoms with Crippen molar-refractivity contribution in [3.8, 4) is 5.88 Å². The molecule has 0 spiro atoms. The van der Waals surface area contributed by atoms with Crippen LogP contribution in [0.4, 0.5) is 18.9 Å². The first-order valence-electron chi connectivity index (χ1n) is 8.71. The molecule has 2 amide bonds. The van der Waals surface area contributed by atoms with Gasteiger partial charge in [-0.3, -0.25) is 9.59 Å². The largest absolute Gasteiger partial charge is 0.481 e. The Bertz CT molecular complexity index is 715. The number of anilines is 1. The molecule has 0 aromatic carbocycles. The van der Waals surface area contributed by atoms with Gasteiger partial charge in [-0.05, 0) is 30.9 Å². The van der Waals surface area contributed by atoms with Crippen LogP contribution in [0.25, 0.3) is 6.08 Å². The number of hydrogen-bond acceptors (Lipinski definition) is 4. The molecular weight excluding hydrogens is 375 g/mol. The Balaban J connectivity index is 0.000000892. The lowest BCUT2D eigenvalue weighted by Crippen LogP contribution is -2.19. The second kappa shape index (κ2) is 11.8. The Morgan fingerprint density at radius 2 is 1.93 bits per heavy atom. The summed E-state index contributed by atoms with van der Waals surface area (Å²) in [6, 6.07) is 1.65. The van der Waals surface area contributed by atoms with Crippen LogP contribution in [0.5, 0.6) is 5.88 Å². The fourth-order valence-corrected chi connectivity index (χ4v) is 2.83. The van der Waals surface area contributed by atoms with E-state index in [-0.39, 0.29) is 11.4 Å². The molecule has 0 aliphatic heterocycles. The van der Waals surface area contributed by atoms with Crippen molar-refractivity contribution in [2.45, 2.75) is 38.8 Å². The van der Waals surface area contributed by atoms with Gasteiger partial charge in [0.25, 0.3) is 5.91 Å². The Morgan fingerprint density at radius 3 is 2.43 bits per heavy atom. The molecular formula is C19H24F3N3O3. The molecule has 3 N–H and O–H groups in total. The van der Waals surface area contributed by atoms with Crippen LogP contribution in [-0.4, -0.2) is 30.6 Å². The maximum absolute atomic E-state index is 11.6. The van der Waals surface area contributed by atoms with Gasteiger partial charge in [0.05, 0.1) is 12.8 Å². The molecule has 1 aliphatic carbocycles. The number of methoxy groups -OCH3 is 1. The van der Waals surface area contributed by atoms with Crippen molar-refractivity contribution in [2.75, 3.05) is 12.4 Å².